The Morgan fingerprint density at radius 3 is 2.71 bits per heavy atom. The molecule has 1 aromatic carbocycles. The second kappa shape index (κ2) is 6.00. The minimum Gasteiger partial charge on any atom is -0.340 e. The fraction of sp³-hybridized carbons (Fsp3) is 0.385. The zero-order valence-corrected chi connectivity index (χ0v) is 9.98. The van der Waals surface area contributed by atoms with Crippen molar-refractivity contribution in [2.24, 2.45) is 5.92 Å². The van der Waals surface area contributed by atoms with Gasteiger partial charge < -0.3 is 4.90 Å². The number of hydrogen-bond donors (Lipinski definition) is 0. The topological polar surface area (TPSA) is 44.1 Å². The van der Waals surface area contributed by atoms with Crippen molar-refractivity contribution in [3.05, 3.63) is 35.6 Å². The van der Waals surface area contributed by atoms with E-state index in [-0.39, 0.29) is 18.3 Å². The highest BCUT2D eigenvalue weighted by Crippen LogP contribution is 2.12. The van der Waals surface area contributed by atoms with E-state index in [9.17, 15) is 9.18 Å². The van der Waals surface area contributed by atoms with Gasteiger partial charge in [0.15, 0.2) is 0 Å². The molecule has 3 nitrogen and oxygen atoms in total. The lowest BCUT2D eigenvalue weighted by Gasteiger charge is -2.19. The largest absolute Gasteiger partial charge is 0.340 e. The van der Waals surface area contributed by atoms with Crippen molar-refractivity contribution in [3.63, 3.8) is 0 Å². The van der Waals surface area contributed by atoms with Gasteiger partial charge in [-0.1, -0.05) is 25.1 Å². The number of hydrogen-bond acceptors (Lipinski definition) is 2. The molecule has 0 N–H and O–H groups in total. The summed E-state index contributed by atoms with van der Waals surface area (Å²) < 4.78 is 13.4. The molecule has 0 aliphatic heterocycles. The molecule has 0 saturated heterocycles. The van der Waals surface area contributed by atoms with Crippen LogP contribution in [-0.4, -0.2) is 17.9 Å². The monoisotopic (exact) mass is 234 g/mol. The minimum absolute atomic E-state index is 0.184. The van der Waals surface area contributed by atoms with Gasteiger partial charge in [0.1, 0.15) is 11.7 Å². The van der Waals surface area contributed by atoms with Crippen LogP contribution >= 0.6 is 0 Å². The number of carbonyl (C=O) groups excluding carboxylic acids is 1. The van der Waals surface area contributed by atoms with Gasteiger partial charge >= 0.3 is 0 Å². The molecular formula is C13H15FN2O. The molecule has 0 fully saturated rings. The lowest BCUT2D eigenvalue weighted by atomic mass is 10.1. The molecule has 1 atom stereocenters. The standard InChI is InChI=1S/C13H15FN2O/c1-3-10(8-15)13(17)16(2)9-11-6-4-5-7-12(11)14/h4-7,10H,3,9H2,1-2H3. The van der Waals surface area contributed by atoms with Crippen molar-refractivity contribution in [1.82, 2.24) is 4.90 Å². The molecule has 0 spiro atoms. The third-order valence-corrected chi connectivity index (χ3v) is 2.60. The lowest BCUT2D eigenvalue weighted by Crippen LogP contribution is -2.31. The lowest BCUT2D eigenvalue weighted by molar-refractivity contribution is -0.133. The Bertz CT molecular complexity index is 439. The van der Waals surface area contributed by atoms with Crippen LogP contribution in [0, 0.1) is 23.1 Å². The van der Waals surface area contributed by atoms with Gasteiger partial charge in [-0.2, -0.15) is 5.26 Å². The van der Waals surface area contributed by atoms with Crippen molar-refractivity contribution >= 4 is 5.91 Å². The molecule has 17 heavy (non-hydrogen) atoms. The third kappa shape index (κ3) is 3.28. The average Bonchev–Trinajstić information content (AvgIpc) is 2.33. The molecule has 90 valence electrons. The Morgan fingerprint density at radius 2 is 2.18 bits per heavy atom. The van der Waals surface area contributed by atoms with Gasteiger partial charge in [-0.15, -0.1) is 0 Å². The Morgan fingerprint density at radius 1 is 1.53 bits per heavy atom. The van der Waals surface area contributed by atoms with Crippen LogP contribution in [0.1, 0.15) is 18.9 Å². The van der Waals surface area contributed by atoms with Gasteiger partial charge in [0.2, 0.25) is 5.91 Å². The van der Waals surface area contributed by atoms with Crippen LogP contribution in [0.2, 0.25) is 0 Å². The fourth-order valence-electron chi connectivity index (χ4n) is 1.55. The average molecular weight is 234 g/mol. The van der Waals surface area contributed by atoms with Gasteiger partial charge in [-0.25, -0.2) is 4.39 Å². The first-order valence-corrected chi connectivity index (χ1v) is 5.48. The zero-order chi connectivity index (χ0) is 12.8. The van der Waals surface area contributed by atoms with Crippen LogP contribution in [0.25, 0.3) is 0 Å². The minimum atomic E-state index is -0.647. The molecule has 0 aliphatic rings. The van der Waals surface area contributed by atoms with Crippen LogP contribution in [0.3, 0.4) is 0 Å². The van der Waals surface area contributed by atoms with E-state index in [2.05, 4.69) is 0 Å². The molecule has 0 heterocycles. The molecule has 1 unspecified atom stereocenters. The molecule has 0 aliphatic carbocycles. The summed E-state index contributed by atoms with van der Waals surface area (Å²) in [5, 5.41) is 8.79. The maximum atomic E-state index is 13.4. The summed E-state index contributed by atoms with van der Waals surface area (Å²) >= 11 is 0. The van der Waals surface area contributed by atoms with Crippen LogP contribution in [0.4, 0.5) is 4.39 Å². The van der Waals surface area contributed by atoms with Crippen LogP contribution in [0.15, 0.2) is 24.3 Å². The van der Waals surface area contributed by atoms with E-state index in [0.29, 0.717) is 12.0 Å². The maximum absolute atomic E-state index is 13.4. The van der Waals surface area contributed by atoms with Gasteiger partial charge in [0, 0.05) is 19.2 Å². The molecule has 1 aromatic rings. The number of amides is 1. The first kappa shape index (κ1) is 13.2. The van der Waals surface area contributed by atoms with E-state index in [0.717, 1.165) is 0 Å². The number of rotatable bonds is 4. The summed E-state index contributed by atoms with van der Waals surface area (Å²) in [5.74, 6) is -1.25. The van der Waals surface area contributed by atoms with Crippen LogP contribution in [-0.2, 0) is 11.3 Å². The Balaban J connectivity index is 2.73. The van der Waals surface area contributed by atoms with E-state index in [1.807, 2.05) is 6.07 Å². The first-order valence-electron chi connectivity index (χ1n) is 5.48. The predicted molar refractivity (Wildman–Crippen MR) is 62.3 cm³/mol. The highest BCUT2D eigenvalue weighted by molar-refractivity contribution is 5.80. The van der Waals surface area contributed by atoms with E-state index in [1.165, 1.54) is 11.0 Å². The van der Waals surface area contributed by atoms with Gasteiger partial charge in [0.05, 0.1) is 6.07 Å². The summed E-state index contributed by atoms with van der Waals surface area (Å²) in [6.45, 7) is 1.96. The summed E-state index contributed by atoms with van der Waals surface area (Å²) in [5.41, 5.74) is 0.455. The number of halogens is 1. The molecule has 1 rings (SSSR count). The van der Waals surface area contributed by atoms with Crippen LogP contribution in [0.5, 0.6) is 0 Å². The molecule has 0 radical (unpaired) electrons. The normalized spacial score (nSPS) is 11.6. The van der Waals surface area contributed by atoms with Crippen molar-refractivity contribution < 1.29 is 9.18 Å². The van der Waals surface area contributed by atoms with E-state index >= 15 is 0 Å². The smallest absolute Gasteiger partial charge is 0.239 e. The number of benzene rings is 1. The van der Waals surface area contributed by atoms with E-state index < -0.39 is 5.92 Å². The molecule has 4 heteroatoms. The SMILES string of the molecule is CCC(C#N)C(=O)N(C)Cc1ccccc1F. The van der Waals surface area contributed by atoms with Crippen molar-refractivity contribution in [3.8, 4) is 6.07 Å². The number of carbonyl (C=O) groups is 1. The van der Waals surface area contributed by atoms with E-state index in [1.54, 1.807) is 32.2 Å². The quantitative estimate of drug-likeness (QED) is 0.802. The molecule has 1 amide bonds. The van der Waals surface area contributed by atoms with Gasteiger partial charge in [-0.05, 0) is 12.5 Å². The number of nitriles is 1. The van der Waals surface area contributed by atoms with E-state index in [4.69, 9.17) is 5.26 Å². The summed E-state index contributed by atoms with van der Waals surface area (Å²) in [6.07, 6.45) is 0.469. The van der Waals surface area contributed by atoms with Gasteiger partial charge in [-0.3, -0.25) is 4.79 Å². The molecule has 0 bridgehead atoms. The maximum Gasteiger partial charge on any atom is 0.239 e. The van der Waals surface area contributed by atoms with Crippen molar-refractivity contribution in [2.45, 2.75) is 19.9 Å². The summed E-state index contributed by atoms with van der Waals surface area (Å²) in [7, 11) is 1.58. The predicted octanol–water partition coefficient (Wildman–Crippen LogP) is 2.33. The molecular weight excluding hydrogens is 219 g/mol. The highest BCUT2D eigenvalue weighted by Gasteiger charge is 2.20. The number of nitrogens with zero attached hydrogens (tertiary/aromatic N) is 2. The molecule has 0 aromatic heterocycles. The van der Waals surface area contributed by atoms with Crippen LogP contribution < -0.4 is 0 Å². The highest BCUT2D eigenvalue weighted by atomic mass is 19.1. The summed E-state index contributed by atoms with van der Waals surface area (Å²) in [4.78, 5) is 13.2. The first-order chi connectivity index (χ1) is 8.10. The summed E-state index contributed by atoms with van der Waals surface area (Å²) in [6, 6.07) is 8.26. The zero-order valence-electron chi connectivity index (χ0n) is 9.98. The van der Waals surface area contributed by atoms with Crippen molar-refractivity contribution in [2.75, 3.05) is 7.05 Å². The molecule has 0 saturated carbocycles. The third-order valence-electron chi connectivity index (χ3n) is 2.60. The second-order valence-electron chi connectivity index (χ2n) is 3.88. The fourth-order valence-corrected chi connectivity index (χ4v) is 1.55. The Hall–Kier alpha value is -1.89. The van der Waals surface area contributed by atoms with Crippen molar-refractivity contribution in [1.29, 1.82) is 5.26 Å². The van der Waals surface area contributed by atoms with Gasteiger partial charge in [0.25, 0.3) is 0 Å². The second-order valence-corrected chi connectivity index (χ2v) is 3.88. The Labute approximate surface area is 100 Å². The Kier molecular flexibility index (Phi) is 4.65.